The Morgan fingerprint density at radius 2 is 1.97 bits per heavy atom. The molecule has 9 heteroatoms. The molecule has 33 heavy (non-hydrogen) atoms. The molecule has 2 fully saturated rings. The number of carbonyl (C=O) groups is 2. The lowest BCUT2D eigenvalue weighted by Gasteiger charge is -2.30. The number of ether oxygens (including phenoxy) is 1. The summed E-state index contributed by atoms with van der Waals surface area (Å²) < 4.78 is 7.13. The number of nitrogens with zero attached hydrogens (tertiary/aromatic N) is 5. The van der Waals surface area contributed by atoms with Gasteiger partial charge in [0.25, 0.3) is 11.7 Å². The summed E-state index contributed by atoms with van der Waals surface area (Å²) in [5.41, 5.74) is 2.36. The molecule has 0 unspecified atom stereocenters. The molecule has 3 aromatic heterocycles. The quantitative estimate of drug-likeness (QED) is 0.362. The van der Waals surface area contributed by atoms with Gasteiger partial charge in [0.15, 0.2) is 5.76 Å². The Morgan fingerprint density at radius 1 is 1.15 bits per heavy atom. The van der Waals surface area contributed by atoms with E-state index in [2.05, 4.69) is 14.9 Å². The van der Waals surface area contributed by atoms with E-state index in [1.165, 1.54) is 0 Å². The average Bonchev–Trinajstić information content (AvgIpc) is 3.31. The predicted molar refractivity (Wildman–Crippen MR) is 120 cm³/mol. The number of hydrogen-bond donors (Lipinski definition) is 1. The summed E-state index contributed by atoms with van der Waals surface area (Å²) in [6.07, 6.45) is 5.04. The summed E-state index contributed by atoms with van der Waals surface area (Å²) in [5, 5.41) is 11.4. The number of ketones is 1. The highest BCUT2D eigenvalue weighted by molar-refractivity contribution is 6.46. The molecule has 0 spiro atoms. The maximum atomic E-state index is 13.2. The van der Waals surface area contributed by atoms with Crippen molar-refractivity contribution in [2.24, 2.45) is 0 Å². The van der Waals surface area contributed by atoms with Gasteiger partial charge in [0.05, 0.1) is 30.5 Å². The van der Waals surface area contributed by atoms with Gasteiger partial charge in [-0.3, -0.25) is 23.9 Å². The number of aromatic nitrogens is 3. The van der Waals surface area contributed by atoms with Gasteiger partial charge in [-0.2, -0.15) is 0 Å². The van der Waals surface area contributed by atoms with E-state index >= 15 is 0 Å². The summed E-state index contributed by atoms with van der Waals surface area (Å²) >= 11 is 0. The first-order valence-electron chi connectivity index (χ1n) is 11.0. The normalized spacial score (nSPS) is 21.2. The summed E-state index contributed by atoms with van der Waals surface area (Å²) in [7, 11) is 0. The zero-order valence-corrected chi connectivity index (χ0v) is 18.3. The van der Waals surface area contributed by atoms with Crippen LogP contribution < -0.4 is 0 Å². The summed E-state index contributed by atoms with van der Waals surface area (Å²) in [5.74, 6) is -1.55. The van der Waals surface area contributed by atoms with Crippen LogP contribution in [0.5, 0.6) is 0 Å². The van der Waals surface area contributed by atoms with Crippen molar-refractivity contribution >= 4 is 23.1 Å². The number of aryl methyl sites for hydroxylation is 1. The first kappa shape index (κ1) is 21.3. The van der Waals surface area contributed by atoms with Gasteiger partial charge < -0.3 is 14.7 Å². The van der Waals surface area contributed by atoms with E-state index in [0.29, 0.717) is 48.9 Å². The van der Waals surface area contributed by atoms with E-state index in [9.17, 15) is 14.7 Å². The SMILES string of the molecule is Cc1nc2ccccn2c1/C(O)=C1\C(=O)C(=O)N(CCN2CCOCC2)[C@H]1c1cccnc1. The van der Waals surface area contributed by atoms with Crippen molar-refractivity contribution < 1.29 is 19.4 Å². The lowest BCUT2D eigenvalue weighted by atomic mass is 9.97. The molecule has 1 N–H and O–H groups in total. The molecule has 5 rings (SSSR count). The molecule has 3 aromatic rings. The first-order chi connectivity index (χ1) is 16.1. The van der Waals surface area contributed by atoms with Gasteiger partial charge in [0.2, 0.25) is 0 Å². The molecule has 0 bridgehead atoms. The van der Waals surface area contributed by atoms with Gasteiger partial charge in [-0.05, 0) is 30.7 Å². The minimum atomic E-state index is -0.728. The Kier molecular flexibility index (Phi) is 5.65. The molecular formula is C24H25N5O4. The lowest BCUT2D eigenvalue weighted by molar-refractivity contribution is -0.140. The largest absolute Gasteiger partial charge is 0.505 e. The van der Waals surface area contributed by atoms with Crippen LogP contribution in [-0.4, -0.2) is 80.4 Å². The third-order valence-electron chi connectivity index (χ3n) is 6.23. The average molecular weight is 447 g/mol. The standard InChI is InChI=1S/C24H25N5O4/c1-16-20(28-8-3-2-6-18(28)26-16)22(30)19-21(17-5-4-7-25-15-17)29(24(32)23(19)31)10-9-27-11-13-33-14-12-27/h2-8,15,21,30H,9-14H2,1H3/b22-19+/t21-/m0/s1. The summed E-state index contributed by atoms with van der Waals surface area (Å²) in [6.45, 7) is 5.60. The minimum absolute atomic E-state index is 0.0590. The number of amides is 1. The Bertz CT molecular complexity index is 1230. The highest BCUT2D eigenvalue weighted by Crippen LogP contribution is 2.39. The molecule has 0 saturated carbocycles. The predicted octanol–water partition coefficient (Wildman–Crippen LogP) is 1.79. The summed E-state index contributed by atoms with van der Waals surface area (Å²) in [4.78, 5) is 38.8. The second-order valence-corrected chi connectivity index (χ2v) is 8.21. The third-order valence-corrected chi connectivity index (χ3v) is 6.23. The van der Waals surface area contributed by atoms with Crippen molar-refractivity contribution in [3.05, 3.63) is 71.4 Å². The number of aliphatic hydroxyl groups is 1. The van der Waals surface area contributed by atoms with Crippen LogP contribution in [0.1, 0.15) is 23.0 Å². The van der Waals surface area contributed by atoms with Crippen molar-refractivity contribution in [3.63, 3.8) is 0 Å². The second kappa shape index (κ2) is 8.76. The fourth-order valence-electron chi connectivity index (χ4n) is 4.60. The lowest BCUT2D eigenvalue weighted by Crippen LogP contribution is -2.42. The number of likely N-dealkylation sites (tertiary alicyclic amines) is 1. The Balaban J connectivity index is 1.59. The van der Waals surface area contributed by atoms with Crippen LogP contribution in [-0.2, 0) is 14.3 Å². The second-order valence-electron chi connectivity index (χ2n) is 8.21. The molecule has 1 amide bonds. The minimum Gasteiger partial charge on any atom is -0.505 e. The Morgan fingerprint density at radius 3 is 2.73 bits per heavy atom. The number of aliphatic hydroxyl groups excluding tert-OH is 1. The van der Waals surface area contributed by atoms with Gasteiger partial charge in [-0.1, -0.05) is 12.1 Å². The van der Waals surface area contributed by atoms with Gasteiger partial charge in [-0.15, -0.1) is 0 Å². The van der Waals surface area contributed by atoms with Crippen molar-refractivity contribution in [3.8, 4) is 0 Å². The van der Waals surface area contributed by atoms with Crippen molar-refractivity contribution in [1.29, 1.82) is 0 Å². The van der Waals surface area contributed by atoms with E-state index in [0.717, 1.165) is 13.1 Å². The molecule has 1 atom stereocenters. The fraction of sp³-hybridized carbons (Fsp3) is 0.333. The molecule has 2 aliphatic rings. The molecule has 0 aliphatic carbocycles. The number of Topliss-reactive ketones (excluding diaryl/α,β-unsaturated/α-hetero) is 1. The first-order valence-corrected chi connectivity index (χ1v) is 11.0. The molecule has 0 radical (unpaired) electrons. The van der Waals surface area contributed by atoms with E-state index in [1.807, 2.05) is 24.3 Å². The van der Waals surface area contributed by atoms with Crippen LogP contribution in [0, 0.1) is 6.92 Å². The number of imidazole rings is 1. The van der Waals surface area contributed by atoms with Crippen LogP contribution in [0.3, 0.4) is 0 Å². The summed E-state index contributed by atoms with van der Waals surface area (Å²) in [6, 6.07) is 8.35. The molecule has 2 aliphatic heterocycles. The number of carbonyl (C=O) groups excluding carboxylic acids is 2. The zero-order chi connectivity index (χ0) is 22.9. The van der Waals surface area contributed by atoms with E-state index < -0.39 is 17.7 Å². The monoisotopic (exact) mass is 447 g/mol. The Hall–Kier alpha value is -3.56. The van der Waals surface area contributed by atoms with Crippen molar-refractivity contribution in [1.82, 2.24) is 24.2 Å². The van der Waals surface area contributed by atoms with E-state index in [4.69, 9.17) is 4.74 Å². The van der Waals surface area contributed by atoms with Gasteiger partial charge in [-0.25, -0.2) is 4.98 Å². The molecule has 5 heterocycles. The van der Waals surface area contributed by atoms with Crippen LogP contribution >= 0.6 is 0 Å². The zero-order valence-electron chi connectivity index (χ0n) is 18.3. The van der Waals surface area contributed by atoms with Crippen LogP contribution in [0.2, 0.25) is 0 Å². The van der Waals surface area contributed by atoms with Crippen LogP contribution in [0.4, 0.5) is 0 Å². The van der Waals surface area contributed by atoms with Crippen molar-refractivity contribution in [2.45, 2.75) is 13.0 Å². The topological polar surface area (TPSA) is 100 Å². The third kappa shape index (κ3) is 3.79. The van der Waals surface area contributed by atoms with Gasteiger partial charge in [0, 0.05) is 44.8 Å². The highest BCUT2D eigenvalue weighted by atomic mass is 16.5. The van der Waals surface area contributed by atoms with E-state index in [1.54, 1.807) is 40.9 Å². The number of hydrogen-bond acceptors (Lipinski definition) is 7. The number of fused-ring (bicyclic) bond motifs is 1. The number of pyridine rings is 2. The molecule has 9 nitrogen and oxygen atoms in total. The number of rotatable bonds is 5. The molecule has 0 aromatic carbocycles. The maximum absolute atomic E-state index is 13.2. The smallest absolute Gasteiger partial charge is 0.295 e. The van der Waals surface area contributed by atoms with Crippen LogP contribution in [0.25, 0.3) is 11.4 Å². The van der Waals surface area contributed by atoms with E-state index in [-0.39, 0.29) is 11.3 Å². The van der Waals surface area contributed by atoms with Gasteiger partial charge in [0.1, 0.15) is 11.3 Å². The highest BCUT2D eigenvalue weighted by Gasteiger charge is 2.46. The molecular weight excluding hydrogens is 422 g/mol. The molecule has 170 valence electrons. The maximum Gasteiger partial charge on any atom is 0.295 e. The molecule has 2 saturated heterocycles. The van der Waals surface area contributed by atoms with Gasteiger partial charge >= 0.3 is 0 Å². The Labute approximate surface area is 190 Å². The van der Waals surface area contributed by atoms with Crippen molar-refractivity contribution in [2.75, 3.05) is 39.4 Å². The van der Waals surface area contributed by atoms with Crippen LogP contribution in [0.15, 0.2) is 54.5 Å². The fourth-order valence-corrected chi connectivity index (χ4v) is 4.60. The number of morpholine rings is 1.